The molecule has 0 aromatic heterocycles. The van der Waals surface area contributed by atoms with Crippen LogP contribution in [0.2, 0.25) is 10.0 Å². The molecule has 1 fully saturated rings. The van der Waals surface area contributed by atoms with Gasteiger partial charge in [0.25, 0.3) is 10.0 Å². The summed E-state index contributed by atoms with van der Waals surface area (Å²) in [5.41, 5.74) is 0.803. The zero-order chi connectivity index (χ0) is 31.1. The van der Waals surface area contributed by atoms with E-state index in [-0.39, 0.29) is 34.8 Å². The van der Waals surface area contributed by atoms with Gasteiger partial charge in [0.1, 0.15) is 24.1 Å². The molecule has 0 bridgehead atoms. The number of rotatable bonds is 12. The predicted molar refractivity (Wildman–Crippen MR) is 167 cm³/mol. The summed E-state index contributed by atoms with van der Waals surface area (Å²) in [4.78, 5) is 28.9. The second-order valence-corrected chi connectivity index (χ2v) is 13.0. The number of carbonyl (C=O) groups is 2. The number of para-hydroxylation sites is 2. The molecule has 0 saturated heterocycles. The first-order valence-corrected chi connectivity index (χ1v) is 16.1. The molecule has 0 heterocycles. The Kier molecular flexibility index (Phi) is 10.8. The Bertz CT molecular complexity index is 1550. The van der Waals surface area contributed by atoms with Gasteiger partial charge in [0.15, 0.2) is 0 Å². The van der Waals surface area contributed by atoms with Crippen LogP contribution in [0.5, 0.6) is 11.5 Å². The number of carbonyl (C=O) groups excluding carboxylic acids is 2. The minimum absolute atomic E-state index is 0.00266. The number of hydrogen-bond donors (Lipinski definition) is 1. The maximum Gasteiger partial charge on any atom is 0.264 e. The van der Waals surface area contributed by atoms with E-state index in [1.807, 2.05) is 0 Å². The summed E-state index contributed by atoms with van der Waals surface area (Å²) in [5, 5.41) is 3.70. The fourth-order valence-electron chi connectivity index (χ4n) is 5.03. The van der Waals surface area contributed by atoms with Crippen LogP contribution < -0.4 is 19.1 Å². The zero-order valence-electron chi connectivity index (χ0n) is 24.3. The van der Waals surface area contributed by atoms with Crippen molar-refractivity contribution in [3.05, 3.63) is 82.3 Å². The molecule has 4 rings (SSSR count). The van der Waals surface area contributed by atoms with E-state index in [0.717, 1.165) is 30.0 Å². The first-order chi connectivity index (χ1) is 20.5. The summed E-state index contributed by atoms with van der Waals surface area (Å²) >= 11 is 12.4. The molecule has 1 saturated carbocycles. The highest BCUT2D eigenvalue weighted by molar-refractivity contribution is 7.92. The quantitative estimate of drug-likeness (QED) is 0.271. The van der Waals surface area contributed by atoms with Crippen LogP contribution >= 0.6 is 23.2 Å². The third-order valence-corrected chi connectivity index (χ3v) is 10.00. The smallest absolute Gasteiger partial charge is 0.264 e. The monoisotopic (exact) mass is 647 g/mol. The van der Waals surface area contributed by atoms with Crippen LogP contribution in [0, 0.1) is 0 Å². The van der Waals surface area contributed by atoms with E-state index in [0.29, 0.717) is 21.4 Å². The molecule has 3 aromatic carbocycles. The van der Waals surface area contributed by atoms with Crippen LogP contribution in [0.15, 0.2) is 71.6 Å². The third kappa shape index (κ3) is 7.74. The standard InChI is InChI=1S/C31H35Cl2N3O6S/c1-21(31(38)34-23-8-4-5-9-23)35(19-22-12-17-26(32)27(33)18-22)30(37)20-36(28-10-6-7-11-29(28)42-3)43(39,40)25-15-13-24(41-2)14-16-25/h6-7,10-18,21,23H,4-5,8-9,19-20H2,1-3H3,(H,34,38). The highest BCUT2D eigenvalue weighted by atomic mass is 35.5. The molecule has 3 aromatic rings. The van der Waals surface area contributed by atoms with E-state index in [2.05, 4.69) is 5.32 Å². The zero-order valence-corrected chi connectivity index (χ0v) is 26.6. The van der Waals surface area contributed by atoms with Crippen molar-refractivity contribution in [1.82, 2.24) is 10.2 Å². The molecule has 2 amide bonds. The molecule has 1 unspecified atom stereocenters. The van der Waals surface area contributed by atoms with Gasteiger partial charge in [-0.05, 0) is 73.9 Å². The van der Waals surface area contributed by atoms with Crippen molar-refractivity contribution in [2.24, 2.45) is 0 Å². The van der Waals surface area contributed by atoms with Gasteiger partial charge in [-0.25, -0.2) is 8.42 Å². The van der Waals surface area contributed by atoms with E-state index in [1.54, 1.807) is 49.4 Å². The topological polar surface area (TPSA) is 105 Å². The van der Waals surface area contributed by atoms with Crippen LogP contribution in [-0.2, 0) is 26.2 Å². The Labute approximate surface area is 262 Å². The fourth-order valence-corrected chi connectivity index (χ4v) is 6.78. The van der Waals surface area contributed by atoms with Crippen molar-refractivity contribution in [1.29, 1.82) is 0 Å². The molecule has 1 aliphatic rings. The maximum absolute atomic E-state index is 14.2. The molecule has 1 atom stereocenters. The van der Waals surface area contributed by atoms with Crippen LogP contribution in [0.1, 0.15) is 38.2 Å². The van der Waals surface area contributed by atoms with Gasteiger partial charge in [-0.15, -0.1) is 0 Å². The molecule has 0 spiro atoms. The van der Waals surface area contributed by atoms with Gasteiger partial charge in [0.2, 0.25) is 11.8 Å². The number of nitrogens with zero attached hydrogens (tertiary/aromatic N) is 2. The van der Waals surface area contributed by atoms with Crippen molar-refractivity contribution in [3.8, 4) is 11.5 Å². The van der Waals surface area contributed by atoms with Crippen molar-refractivity contribution in [2.75, 3.05) is 25.1 Å². The number of benzene rings is 3. The van der Waals surface area contributed by atoms with Gasteiger partial charge in [-0.3, -0.25) is 13.9 Å². The Morgan fingerprint density at radius 2 is 1.63 bits per heavy atom. The van der Waals surface area contributed by atoms with Gasteiger partial charge < -0.3 is 19.7 Å². The maximum atomic E-state index is 14.2. The number of sulfonamides is 1. The van der Waals surface area contributed by atoms with Gasteiger partial charge in [-0.1, -0.05) is 54.2 Å². The van der Waals surface area contributed by atoms with Crippen LogP contribution in [0.4, 0.5) is 5.69 Å². The first-order valence-electron chi connectivity index (χ1n) is 13.9. The highest BCUT2D eigenvalue weighted by Crippen LogP contribution is 2.33. The SMILES string of the molecule is COc1ccc(S(=O)(=O)N(CC(=O)N(Cc2ccc(Cl)c(Cl)c2)C(C)C(=O)NC2CCCC2)c2ccccc2OC)cc1. The lowest BCUT2D eigenvalue weighted by Gasteiger charge is -2.33. The number of hydrogen-bond acceptors (Lipinski definition) is 6. The predicted octanol–water partition coefficient (Wildman–Crippen LogP) is 5.68. The summed E-state index contributed by atoms with van der Waals surface area (Å²) in [6, 6.07) is 16.5. The average molecular weight is 649 g/mol. The number of methoxy groups -OCH3 is 2. The van der Waals surface area contributed by atoms with Crippen molar-refractivity contribution in [2.45, 2.75) is 56.1 Å². The fraction of sp³-hybridized carbons (Fsp3) is 0.355. The molecule has 230 valence electrons. The Morgan fingerprint density at radius 3 is 2.26 bits per heavy atom. The minimum Gasteiger partial charge on any atom is -0.497 e. The molecule has 43 heavy (non-hydrogen) atoms. The Hall–Kier alpha value is -3.47. The number of halogens is 2. The number of ether oxygens (including phenoxy) is 2. The molecule has 1 N–H and O–H groups in total. The summed E-state index contributed by atoms with van der Waals surface area (Å²) in [5.74, 6) is -0.172. The molecule has 12 heteroatoms. The second kappa shape index (κ2) is 14.3. The normalized spacial score (nSPS) is 14.2. The molecule has 0 radical (unpaired) electrons. The molecule has 1 aliphatic carbocycles. The molecular weight excluding hydrogens is 613 g/mol. The van der Waals surface area contributed by atoms with Crippen molar-refractivity contribution >= 4 is 50.7 Å². The summed E-state index contributed by atoms with van der Waals surface area (Å²) in [6.45, 7) is 1.03. The van der Waals surface area contributed by atoms with Gasteiger partial charge in [0, 0.05) is 12.6 Å². The lowest BCUT2D eigenvalue weighted by molar-refractivity contribution is -0.139. The van der Waals surface area contributed by atoms with E-state index in [1.165, 1.54) is 43.4 Å². The third-order valence-electron chi connectivity index (χ3n) is 7.49. The Balaban J connectivity index is 1.72. The van der Waals surface area contributed by atoms with Gasteiger partial charge in [-0.2, -0.15) is 0 Å². The number of nitrogens with one attached hydrogen (secondary N) is 1. The lowest BCUT2D eigenvalue weighted by atomic mass is 10.1. The van der Waals surface area contributed by atoms with Gasteiger partial charge in [0.05, 0.1) is 34.8 Å². The summed E-state index contributed by atoms with van der Waals surface area (Å²) < 4.78 is 39.8. The second-order valence-electron chi connectivity index (χ2n) is 10.3. The molecular formula is C31H35Cl2N3O6S. The average Bonchev–Trinajstić information content (AvgIpc) is 3.52. The first kappa shape index (κ1) is 32.4. The highest BCUT2D eigenvalue weighted by Gasteiger charge is 2.34. The number of amides is 2. The minimum atomic E-state index is -4.28. The molecule has 0 aliphatic heterocycles. The lowest BCUT2D eigenvalue weighted by Crippen LogP contribution is -2.52. The largest absolute Gasteiger partial charge is 0.497 e. The van der Waals surface area contributed by atoms with E-state index in [9.17, 15) is 18.0 Å². The van der Waals surface area contributed by atoms with E-state index in [4.69, 9.17) is 32.7 Å². The number of anilines is 1. The van der Waals surface area contributed by atoms with Crippen LogP contribution in [0.3, 0.4) is 0 Å². The Morgan fingerprint density at radius 1 is 0.953 bits per heavy atom. The summed E-state index contributed by atoms with van der Waals surface area (Å²) in [7, 11) is -1.38. The summed E-state index contributed by atoms with van der Waals surface area (Å²) in [6.07, 6.45) is 3.81. The van der Waals surface area contributed by atoms with E-state index < -0.39 is 28.5 Å². The van der Waals surface area contributed by atoms with E-state index >= 15 is 0 Å². The van der Waals surface area contributed by atoms with Gasteiger partial charge >= 0.3 is 0 Å². The van der Waals surface area contributed by atoms with Crippen molar-refractivity contribution < 1.29 is 27.5 Å². The molecule has 9 nitrogen and oxygen atoms in total. The van der Waals surface area contributed by atoms with Crippen LogP contribution in [0.25, 0.3) is 0 Å². The van der Waals surface area contributed by atoms with Crippen LogP contribution in [-0.4, -0.2) is 58.0 Å². The van der Waals surface area contributed by atoms with Crippen molar-refractivity contribution in [3.63, 3.8) is 0 Å².